The number of halogens is 1. The van der Waals surface area contributed by atoms with Crippen LogP contribution in [0.3, 0.4) is 0 Å². The molecule has 2 aliphatic heterocycles. The minimum atomic E-state index is -3.99. The van der Waals surface area contributed by atoms with Gasteiger partial charge in [-0.2, -0.15) is 4.31 Å². The second-order valence-corrected chi connectivity index (χ2v) is 11.4. The van der Waals surface area contributed by atoms with Gasteiger partial charge in [0.2, 0.25) is 15.9 Å². The maximum absolute atomic E-state index is 14.0. The van der Waals surface area contributed by atoms with Gasteiger partial charge in [-0.05, 0) is 50.1 Å². The number of rotatable bonds is 6. The first-order valence-electron chi connectivity index (χ1n) is 12.7. The van der Waals surface area contributed by atoms with Gasteiger partial charge in [0, 0.05) is 51.0 Å². The SMILES string of the molecule is Cc1noc(C=Cc2ccccc2F)c1S(=O)(=O)N1CCCC(C(=O)N2CCN(c3ccccn3)CC2)C1. The van der Waals surface area contributed by atoms with E-state index in [0.29, 0.717) is 51.1 Å². The number of sulfonamides is 1. The van der Waals surface area contributed by atoms with Crippen LogP contribution in [-0.4, -0.2) is 72.9 Å². The molecule has 0 saturated carbocycles. The molecule has 1 atom stereocenters. The summed E-state index contributed by atoms with van der Waals surface area (Å²) in [5.74, 6) is 0.0516. The Balaban J connectivity index is 1.28. The number of hydrogen-bond acceptors (Lipinski definition) is 7. The number of hydrogen-bond donors (Lipinski definition) is 0. The molecule has 1 unspecified atom stereocenters. The zero-order chi connectivity index (χ0) is 26.7. The number of aromatic nitrogens is 2. The van der Waals surface area contributed by atoms with Crippen molar-refractivity contribution in [3.8, 4) is 0 Å². The highest BCUT2D eigenvalue weighted by Gasteiger charge is 2.38. The Morgan fingerprint density at radius 2 is 1.82 bits per heavy atom. The predicted molar refractivity (Wildman–Crippen MR) is 141 cm³/mol. The van der Waals surface area contributed by atoms with Crippen molar-refractivity contribution in [2.75, 3.05) is 44.2 Å². The first kappa shape index (κ1) is 26.1. The molecule has 11 heteroatoms. The largest absolute Gasteiger partial charge is 0.355 e. The van der Waals surface area contributed by atoms with Gasteiger partial charge in [0.05, 0.1) is 5.92 Å². The summed E-state index contributed by atoms with van der Waals surface area (Å²) in [6.07, 6.45) is 5.84. The highest BCUT2D eigenvalue weighted by Crippen LogP contribution is 2.30. The number of carbonyl (C=O) groups is 1. The van der Waals surface area contributed by atoms with Crippen LogP contribution in [0.5, 0.6) is 0 Å². The molecule has 0 aliphatic carbocycles. The van der Waals surface area contributed by atoms with Crippen LogP contribution in [0.2, 0.25) is 0 Å². The molecule has 0 radical (unpaired) electrons. The highest BCUT2D eigenvalue weighted by atomic mass is 32.2. The molecule has 2 aromatic heterocycles. The summed E-state index contributed by atoms with van der Waals surface area (Å²) in [6, 6.07) is 11.9. The van der Waals surface area contributed by atoms with Gasteiger partial charge in [-0.3, -0.25) is 4.79 Å². The lowest BCUT2D eigenvalue weighted by molar-refractivity contribution is -0.137. The first-order chi connectivity index (χ1) is 18.3. The van der Waals surface area contributed by atoms with E-state index in [1.807, 2.05) is 23.1 Å². The molecule has 2 fully saturated rings. The zero-order valence-corrected chi connectivity index (χ0v) is 22.0. The van der Waals surface area contributed by atoms with Crippen LogP contribution >= 0.6 is 0 Å². The second-order valence-electron chi connectivity index (χ2n) is 9.52. The van der Waals surface area contributed by atoms with Crippen molar-refractivity contribution in [3.63, 3.8) is 0 Å². The van der Waals surface area contributed by atoms with Gasteiger partial charge in [-0.25, -0.2) is 17.8 Å². The van der Waals surface area contributed by atoms with Crippen molar-refractivity contribution < 1.29 is 22.1 Å². The fraction of sp³-hybridized carbons (Fsp3) is 0.370. The molecular weight excluding hydrogens is 509 g/mol. The van der Waals surface area contributed by atoms with Gasteiger partial charge in [-0.1, -0.05) is 29.4 Å². The molecule has 2 saturated heterocycles. The minimum absolute atomic E-state index is 0.0210. The number of benzene rings is 1. The Bertz CT molecular complexity index is 1420. The fourth-order valence-corrected chi connectivity index (χ4v) is 6.79. The Morgan fingerprint density at radius 1 is 1.05 bits per heavy atom. The molecule has 2 aliphatic rings. The lowest BCUT2D eigenvalue weighted by atomic mass is 9.98. The van der Waals surface area contributed by atoms with Crippen LogP contribution < -0.4 is 4.90 Å². The van der Waals surface area contributed by atoms with Gasteiger partial charge >= 0.3 is 0 Å². The topological polar surface area (TPSA) is 99.8 Å². The van der Waals surface area contributed by atoms with E-state index >= 15 is 0 Å². The number of piperazine rings is 1. The van der Waals surface area contributed by atoms with Crippen LogP contribution in [0.4, 0.5) is 10.2 Å². The Kier molecular flexibility index (Phi) is 7.57. The maximum Gasteiger partial charge on any atom is 0.248 e. The molecule has 0 N–H and O–H groups in total. The van der Waals surface area contributed by atoms with E-state index in [-0.39, 0.29) is 28.8 Å². The molecule has 1 aromatic carbocycles. The normalized spacial score (nSPS) is 19.3. The number of carbonyl (C=O) groups excluding carboxylic acids is 1. The predicted octanol–water partition coefficient (Wildman–Crippen LogP) is 3.44. The van der Waals surface area contributed by atoms with Crippen molar-refractivity contribution in [2.45, 2.75) is 24.7 Å². The third-order valence-corrected chi connectivity index (χ3v) is 9.07. The molecular formula is C27H30FN5O4S. The monoisotopic (exact) mass is 539 g/mol. The van der Waals surface area contributed by atoms with Crippen molar-refractivity contribution in [1.29, 1.82) is 0 Å². The van der Waals surface area contributed by atoms with Crippen molar-refractivity contribution in [2.24, 2.45) is 5.92 Å². The average molecular weight is 540 g/mol. The second kappa shape index (κ2) is 11.0. The average Bonchev–Trinajstić information content (AvgIpc) is 3.33. The van der Waals surface area contributed by atoms with E-state index in [9.17, 15) is 17.6 Å². The molecule has 38 heavy (non-hydrogen) atoms. The third-order valence-electron chi connectivity index (χ3n) is 7.05. The van der Waals surface area contributed by atoms with Gasteiger partial charge < -0.3 is 14.3 Å². The van der Waals surface area contributed by atoms with E-state index in [0.717, 1.165) is 5.82 Å². The fourth-order valence-electron chi connectivity index (χ4n) is 5.02. The summed E-state index contributed by atoms with van der Waals surface area (Å²) in [5.41, 5.74) is 0.522. The van der Waals surface area contributed by atoms with Crippen LogP contribution in [0.15, 0.2) is 58.1 Å². The molecule has 0 spiro atoms. The van der Waals surface area contributed by atoms with Gasteiger partial charge in [0.15, 0.2) is 10.7 Å². The summed E-state index contributed by atoms with van der Waals surface area (Å²) in [6.45, 7) is 4.45. The van der Waals surface area contributed by atoms with Crippen LogP contribution in [0.25, 0.3) is 12.2 Å². The molecule has 9 nitrogen and oxygen atoms in total. The first-order valence-corrected chi connectivity index (χ1v) is 14.1. The van der Waals surface area contributed by atoms with Crippen molar-refractivity contribution >= 4 is 33.9 Å². The molecule has 3 aromatic rings. The highest BCUT2D eigenvalue weighted by molar-refractivity contribution is 7.89. The number of amides is 1. The molecule has 0 bridgehead atoms. The maximum atomic E-state index is 14.0. The van der Waals surface area contributed by atoms with Gasteiger partial charge in [0.25, 0.3) is 0 Å². The molecule has 1 amide bonds. The number of aryl methyl sites for hydroxylation is 1. The number of piperidine rings is 1. The summed E-state index contributed by atoms with van der Waals surface area (Å²) in [5, 5.41) is 3.86. The summed E-state index contributed by atoms with van der Waals surface area (Å²) >= 11 is 0. The Morgan fingerprint density at radius 3 is 2.55 bits per heavy atom. The smallest absolute Gasteiger partial charge is 0.248 e. The van der Waals surface area contributed by atoms with E-state index in [4.69, 9.17) is 4.52 Å². The standard InChI is InChI=1S/C27H30FN5O4S/c1-20-26(24(37-30-20)12-11-21-7-2-3-9-23(21)28)38(35,36)33-14-6-8-22(19-33)27(34)32-17-15-31(16-18-32)25-10-4-5-13-29-25/h2-5,7,9-13,22H,6,8,14-19H2,1H3. The van der Waals surface area contributed by atoms with Crippen LogP contribution in [0, 0.1) is 18.7 Å². The summed E-state index contributed by atoms with van der Waals surface area (Å²) in [4.78, 5) is 21.7. The van der Waals surface area contributed by atoms with E-state index in [1.54, 1.807) is 31.3 Å². The molecule has 4 heterocycles. The number of anilines is 1. The van der Waals surface area contributed by atoms with E-state index in [2.05, 4.69) is 15.0 Å². The van der Waals surface area contributed by atoms with Gasteiger partial charge in [0.1, 0.15) is 17.3 Å². The number of nitrogens with zero attached hydrogens (tertiary/aromatic N) is 5. The minimum Gasteiger partial charge on any atom is -0.355 e. The molecule has 200 valence electrons. The number of pyridine rings is 1. The Labute approximate surface area is 221 Å². The lowest BCUT2D eigenvalue weighted by Gasteiger charge is -2.39. The van der Waals surface area contributed by atoms with Crippen molar-refractivity contribution in [3.05, 3.63) is 71.5 Å². The van der Waals surface area contributed by atoms with Crippen LogP contribution in [0.1, 0.15) is 29.9 Å². The van der Waals surface area contributed by atoms with Crippen LogP contribution in [-0.2, 0) is 14.8 Å². The van der Waals surface area contributed by atoms with Crippen molar-refractivity contribution in [1.82, 2.24) is 19.3 Å². The summed E-state index contributed by atoms with van der Waals surface area (Å²) < 4.78 is 48.1. The summed E-state index contributed by atoms with van der Waals surface area (Å²) in [7, 11) is -3.99. The lowest BCUT2D eigenvalue weighted by Crippen LogP contribution is -2.53. The quantitative estimate of drug-likeness (QED) is 0.473. The Hall–Kier alpha value is -3.57. The van der Waals surface area contributed by atoms with Gasteiger partial charge in [-0.15, -0.1) is 0 Å². The third kappa shape index (κ3) is 5.34. The van der Waals surface area contributed by atoms with E-state index in [1.165, 1.54) is 22.5 Å². The van der Waals surface area contributed by atoms with E-state index < -0.39 is 21.8 Å². The molecule has 5 rings (SSSR count). The zero-order valence-electron chi connectivity index (χ0n) is 21.2.